The highest BCUT2D eigenvalue weighted by molar-refractivity contribution is 5.87. The molecule has 4 unspecified atom stereocenters. The van der Waals surface area contributed by atoms with Gasteiger partial charge in [0.15, 0.2) is 6.10 Å². The minimum absolute atomic E-state index is 0.188. The van der Waals surface area contributed by atoms with Crippen molar-refractivity contribution >= 4 is 17.9 Å². The second kappa shape index (κ2) is 7.21. The van der Waals surface area contributed by atoms with Gasteiger partial charge in [-0.3, -0.25) is 9.59 Å². The largest absolute Gasteiger partial charge is 0.463 e. The van der Waals surface area contributed by atoms with Gasteiger partial charge in [0.05, 0.1) is 5.92 Å². The van der Waals surface area contributed by atoms with Crippen LogP contribution < -0.4 is 5.73 Å². The first-order chi connectivity index (χ1) is 9.77. The average Bonchev–Trinajstić information content (AvgIpc) is 2.45. The van der Waals surface area contributed by atoms with Crippen LogP contribution >= 0.6 is 0 Å². The lowest BCUT2D eigenvalue weighted by Crippen LogP contribution is -2.42. The molecule has 0 aromatic rings. The van der Waals surface area contributed by atoms with Crippen molar-refractivity contribution in [2.45, 2.75) is 45.4 Å². The van der Waals surface area contributed by atoms with E-state index in [0.29, 0.717) is 6.42 Å². The Morgan fingerprint density at radius 3 is 2.57 bits per heavy atom. The third-order valence-electron chi connectivity index (χ3n) is 3.20. The van der Waals surface area contributed by atoms with Crippen LogP contribution in [0.2, 0.25) is 0 Å². The number of carbonyl (C=O) groups excluding carboxylic acids is 3. The summed E-state index contributed by atoms with van der Waals surface area (Å²) in [5.74, 6) is -2.67. The molecule has 1 heterocycles. The van der Waals surface area contributed by atoms with Crippen molar-refractivity contribution in [1.82, 2.24) is 0 Å². The Bertz CT molecular complexity index is 447. The van der Waals surface area contributed by atoms with Crippen molar-refractivity contribution in [2.24, 2.45) is 11.7 Å². The fraction of sp³-hybridized carbons (Fsp3) is 0.643. The van der Waals surface area contributed by atoms with E-state index in [1.54, 1.807) is 13.8 Å². The summed E-state index contributed by atoms with van der Waals surface area (Å²) in [6.45, 7) is 8.01. The Morgan fingerprint density at radius 1 is 1.43 bits per heavy atom. The van der Waals surface area contributed by atoms with Crippen molar-refractivity contribution in [1.29, 1.82) is 0 Å². The van der Waals surface area contributed by atoms with Gasteiger partial charge in [-0.05, 0) is 20.3 Å². The lowest BCUT2D eigenvalue weighted by atomic mass is 9.95. The molecule has 7 nitrogen and oxygen atoms in total. The highest BCUT2D eigenvalue weighted by atomic mass is 16.6. The molecule has 1 rings (SSSR count). The van der Waals surface area contributed by atoms with E-state index in [0.717, 1.165) is 0 Å². The van der Waals surface area contributed by atoms with Crippen LogP contribution in [-0.4, -0.2) is 42.8 Å². The van der Waals surface area contributed by atoms with Gasteiger partial charge in [-0.15, -0.1) is 0 Å². The van der Waals surface area contributed by atoms with Crippen molar-refractivity contribution in [3.63, 3.8) is 0 Å². The monoisotopic (exact) mass is 299 g/mol. The summed E-state index contributed by atoms with van der Waals surface area (Å²) in [5.41, 5.74) is 5.74. The van der Waals surface area contributed by atoms with Crippen molar-refractivity contribution in [3.05, 3.63) is 12.2 Å². The van der Waals surface area contributed by atoms with E-state index < -0.39 is 42.1 Å². The van der Waals surface area contributed by atoms with Gasteiger partial charge < -0.3 is 19.9 Å². The molecular formula is C14H21NO6. The van der Waals surface area contributed by atoms with Gasteiger partial charge in [0.2, 0.25) is 0 Å². The van der Waals surface area contributed by atoms with Crippen LogP contribution in [0, 0.1) is 5.92 Å². The van der Waals surface area contributed by atoms with Crippen molar-refractivity contribution < 1.29 is 28.6 Å². The Kier molecular flexibility index (Phi) is 5.90. The maximum absolute atomic E-state index is 12.1. The van der Waals surface area contributed by atoms with Gasteiger partial charge in [-0.2, -0.15) is 0 Å². The molecule has 1 saturated heterocycles. The second-order valence-electron chi connectivity index (χ2n) is 5.04. The predicted octanol–water partition coefficient (Wildman–Crippen LogP) is 0.316. The Balaban J connectivity index is 3.05. The summed E-state index contributed by atoms with van der Waals surface area (Å²) in [6, 6.07) is -1.05. The third kappa shape index (κ3) is 4.29. The second-order valence-corrected chi connectivity index (χ2v) is 5.04. The van der Waals surface area contributed by atoms with Crippen molar-refractivity contribution in [3.8, 4) is 0 Å². The molecule has 1 aliphatic heterocycles. The molecule has 0 radical (unpaired) electrons. The summed E-state index contributed by atoms with van der Waals surface area (Å²) in [7, 11) is 0. The molecule has 0 aromatic carbocycles. The van der Waals surface area contributed by atoms with Crippen LogP contribution in [-0.2, 0) is 28.6 Å². The zero-order valence-electron chi connectivity index (χ0n) is 12.5. The molecule has 0 aromatic heterocycles. The molecule has 21 heavy (non-hydrogen) atoms. The van der Waals surface area contributed by atoms with Crippen LogP contribution in [0.3, 0.4) is 0 Å². The SMILES string of the molecule is C=C(C)C(=O)OC1C(C)OC(=O)C(N)COC(=O)C1CC. The normalized spacial score (nSPS) is 30.3. The van der Waals surface area contributed by atoms with Crippen LogP contribution in [0.4, 0.5) is 0 Å². The molecular weight excluding hydrogens is 278 g/mol. The van der Waals surface area contributed by atoms with Gasteiger partial charge in [-0.25, -0.2) is 4.79 Å². The Morgan fingerprint density at radius 2 is 2.05 bits per heavy atom. The molecule has 118 valence electrons. The number of nitrogens with two attached hydrogens (primary N) is 1. The zero-order chi connectivity index (χ0) is 16.2. The van der Waals surface area contributed by atoms with Crippen LogP contribution in [0.5, 0.6) is 0 Å². The van der Waals surface area contributed by atoms with Gasteiger partial charge in [0.1, 0.15) is 18.8 Å². The standard InChI is InChI=1S/C14H21NO6/c1-5-9-11(21-12(16)7(2)3)8(4)20-14(18)10(15)6-19-13(9)17/h8-11H,2,5-6,15H2,1,3-4H3. The van der Waals surface area contributed by atoms with Gasteiger partial charge in [0.25, 0.3) is 0 Å². The summed E-state index contributed by atoms with van der Waals surface area (Å²) in [5, 5.41) is 0. The summed E-state index contributed by atoms with van der Waals surface area (Å²) in [4.78, 5) is 35.5. The van der Waals surface area contributed by atoms with E-state index in [4.69, 9.17) is 19.9 Å². The zero-order valence-corrected chi connectivity index (χ0v) is 12.5. The molecule has 0 aliphatic carbocycles. The Hall–Kier alpha value is -1.89. The molecule has 1 fully saturated rings. The number of carbonyl (C=O) groups is 3. The average molecular weight is 299 g/mol. The predicted molar refractivity (Wildman–Crippen MR) is 73.0 cm³/mol. The lowest BCUT2D eigenvalue weighted by molar-refractivity contribution is -0.172. The molecule has 7 heteroatoms. The summed E-state index contributed by atoms with van der Waals surface area (Å²) in [6.07, 6.45) is -1.40. The molecule has 0 bridgehead atoms. The number of hydrogen-bond donors (Lipinski definition) is 1. The van der Waals surface area contributed by atoms with Gasteiger partial charge in [-0.1, -0.05) is 13.5 Å². The number of hydrogen-bond acceptors (Lipinski definition) is 7. The molecule has 0 amide bonds. The van der Waals surface area contributed by atoms with Crippen molar-refractivity contribution in [2.75, 3.05) is 6.61 Å². The van der Waals surface area contributed by atoms with E-state index in [1.165, 1.54) is 6.92 Å². The summed E-state index contributed by atoms with van der Waals surface area (Å²) >= 11 is 0. The molecule has 2 N–H and O–H groups in total. The highest BCUT2D eigenvalue weighted by Crippen LogP contribution is 2.22. The first-order valence-corrected chi connectivity index (χ1v) is 6.77. The van der Waals surface area contributed by atoms with E-state index in [1.807, 2.05) is 0 Å². The van der Waals surface area contributed by atoms with Crippen LogP contribution in [0.15, 0.2) is 12.2 Å². The maximum Gasteiger partial charge on any atom is 0.333 e. The number of rotatable bonds is 3. The van der Waals surface area contributed by atoms with E-state index in [9.17, 15) is 14.4 Å². The minimum atomic E-state index is -1.05. The molecule has 0 saturated carbocycles. The first-order valence-electron chi connectivity index (χ1n) is 6.77. The maximum atomic E-state index is 12.1. The number of cyclic esters (lactones) is 2. The van der Waals surface area contributed by atoms with E-state index in [-0.39, 0.29) is 12.2 Å². The van der Waals surface area contributed by atoms with E-state index >= 15 is 0 Å². The molecule has 4 atom stereocenters. The summed E-state index contributed by atoms with van der Waals surface area (Å²) < 4.78 is 15.4. The van der Waals surface area contributed by atoms with Gasteiger partial charge in [0, 0.05) is 5.57 Å². The lowest BCUT2D eigenvalue weighted by Gasteiger charge is -2.28. The van der Waals surface area contributed by atoms with E-state index in [2.05, 4.69) is 6.58 Å². The fourth-order valence-electron chi connectivity index (χ4n) is 1.95. The number of esters is 3. The molecule has 0 spiro atoms. The highest BCUT2D eigenvalue weighted by Gasteiger charge is 2.39. The topological polar surface area (TPSA) is 105 Å². The van der Waals surface area contributed by atoms with Crippen LogP contribution in [0.25, 0.3) is 0 Å². The van der Waals surface area contributed by atoms with Crippen LogP contribution in [0.1, 0.15) is 27.2 Å². The first kappa shape index (κ1) is 17.2. The third-order valence-corrected chi connectivity index (χ3v) is 3.20. The van der Waals surface area contributed by atoms with Gasteiger partial charge >= 0.3 is 17.9 Å². The molecule has 1 aliphatic rings. The Labute approximate surface area is 123 Å². The minimum Gasteiger partial charge on any atom is -0.463 e. The smallest absolute Gasteiger partial charge is 0.333 e. The number of ether oxygens (including phenoxy) is 3. The quantitative estimate of drug-likeness (QED) is 0.454. The fourth-order valence-corrected chi connectivity index (χ4v) is 1.95.